The van der Waals surface area contributed by atoms with Gasteiger partial charge in [-0.15, -0.1) is 0 Å². The molecule has 0 saturated carbocycles. The summed E-state index contributed by atoms with van der Waals surface area (Å²) in [5.74, 6) is -8.53. The topological polar surface area (TPSA) is 276 Å². The maximum atomic E-state index is 14.8. The molecule has 1 aliphatic heterocycles. The number of hydrogen-bond acceptors (Lipinski definition) is 11. The average Bonchev–Trinajstić information content (AvgIpc) is 3.57. The molecule has 0 spiro atoms. The molecule has 0 aliphatic carbocycles. The van der Waals surface area contributed by atoms with Crippen LogP contribution in [-0.4, -0.2) is 191 Å². The zero-order valence-electron chi connectivity index (χ0n) is 53.9. The second kappa shape index (κ2) is 33.9. The van der Waals surface area contributed by atoms with Crippen LogP contribution in [0.2, 0.25) is 0 Å². The van der Waals surface area contributed by atoms with Gasteiger partial charge in [0.05, 0.1) is 6.54 Å². The van der Waals surface area contributed by atoms with Crippen LogP contribution >= 0.6 is 0 Å². The molecule has 22 heteroatoms. The lowest BCUT2D eigenvalue weighted by Gasteiger charge is -2.38. The van der Waals surface area contributed by atoms with E-state index in [1.807, 2.05) is 74.5 Å². The molecule has 0 radical (unpaired) electrons. The molecule has 0 aromatic rings. The first-order chi connectivity index (χ1) is 37.9. The number of amides is 11. The van der Waals surface area contributed by atoms with Crippen molar-refractivity contribution in [3.63, 3.8) is 0 Å². The number of carbonyl (C=O) groups excluding carboxylic acids is 11. The van der Waals surface area contributed by atoms with Gasteiger partial charge in [-0.3, -0.25) is 52.7 Å². The van der Waals surface area contributed by atoms with Crippen molar-refractivity contribution in [3.05, 3.63) is 12.2 Å². The van der Waals surface area contributed by atoms with E-state index in [0.717, 1.165) is 4.90 Å². The highest BCUT2D eigenvalue weighted by Crippen LogP contribution is 2.23. The van der Waals surface area contributed by atoms with Crippen LogP contribution in [0.3, 0.4) is 0 Å². The summed E-state index contributed by atoms with van der Waals surface area (Å²) in [4.78, 5) is 164. The summed E-state index contributed by atoms with van der Waals surface area (Å²) in [5, 5.41) is 16.9. The van der Waals surface area contributed by atoms with Gasteiger partial charge >= 0.3 is 0 Å². The number of nitrogens with one attached hydrogen (secondary N) is 6. The highest BCUT2D eigenvalue weighted by atomic mass is 16.2. The number of carbonyl (C=O) groups is 11. The molecule has 0 bridgehead atoms. The largest absolute Gasteiger partial charge is 0.343 e. The molecule has 22 nitrogen and oxygen atoms in total. The highest BCUT2D eigenvalue weighted by molar-refractivity contribution is 6.00. The molecule has 1 rings (SSSR count). The molecule has 11 amide bonds. The number of allylic oxidation sites excluding steroid dienone is 2. The van der Waals surface area contributed by atoms with Crippen LogP contribution in [0.25, 0.3) is 0 Å². The quantitative estimate of drug-likeness (QED) is 0.102. The maximum absolute atomic E-state index is 14.8. The van der Waals surface area contributed by atoms with E-state index in [1.54, 1.807) is 41.5 Å². The number of rotatable bonds is 15. The van der Waals surface area contributed by atoms with Crippen LogP contribution in [0.15, 0.2) is 12.2 Å². The third-order valence-corrected chi connectivity index (χ3v) is 15.1. The van der Waals surface area contributed by atoms with Gasteiger partial charge in [-0.2, -0.15) is 0 Å². The molecular formula is C60H107N11O11. The van der Waals surface area contributed by atoms with Gasteiger partial charge in [0, 0.05) is 35.2 Å². The summed E-state index contributed by atoms with van der Waals surface area (Å²) in [6.07, 6.45) is 5.72. The van der Waals surface area contributed by atoms with E-state index in [9.17, 15) is 52.7 Å². The van der Waals surface area contributed by atoms with Gasteiger partial charge < -0.3 is 56.4 Å². The molecule has 0 aromatic carbocycles. The summed E-state index contributed by atoms with van der Waals surface area (Å²) in [7, 11) is 7.18. The van der Waals surface area contributed by atoms with E-state index in [1.165, 1.54) is 68.7 Å². The van der Waals surface area contributed by atoms with Crippen LogP contribution < -0.4 is 31.9 Å². The first-order valence-corrected chi connectivity index (χ1v) is 29.6. The molecule has 1 aliphatic rings. The Morgan fingerprint density at radius 2 is 0.976 bits per heavy atom. The smallest absolute Gasteiger partial charge is 0.246 e. The standard InChI is InChI=1S/C60H107N11O11/c1-23-25-26-27-28-60(17)59(82)64-42(24-2)56(79)67(18)33-47(72)68(19)44(30-35(5)6)53(76)65-48(38(11)12)58(81)70(21)45(31-36(7)8)51(74)61-40(15)50(73)62-41(16)55(78)69(20)46(32-37(9)10)52(75)63-43(29-34(3)4)57(80)71(22)49(39(13)14)54(77)66-60/h23,25,34-46,48-49H,24,26-33H2,1-22H3,(H,61,74)(H,62,73)(H,63,75)(H,64,82)(H,65,76)(H,66,77)/b25-23+/t40-,41+,42-,43-,44-,45-,46-,48-,49-,60?/m0/s1. The Kier molecular flexibility index (Phi) is 30.5. The van der Waals surface area contributed by atoms with E-state index in [0.29, 0.717) is 12.8 Å². The molecular weight excluding hydrogens is 1050 g/mol. The summed E-state index contributed by atoms with van der Waals surface area (Å²) in [5.41, 5.74) is -1.63. The second-order valence-electron chi connectivity index (χ2n) is 25.3. The van der Waals surface area contributed by atoms with Crippen LogP contribution in [0.5, 0.6) is 0 Å². The van der Waals surface area contributed by atoms with E-state index < -0.39 is 143 Å². The fraction of sp³-hybridized carbons (Fsp3) is 0.783. The van der Waals surface area contributed by atoms with Crippen molar-refractivity contribution in [1.29, 1.82) is 0 Å². The SMILES string of the molecule is C/C=C/CCCC1(C)NC(=O)[C@H](C(C)C)N(C)C(=O)[C@H](CC(C)C)NC(=O)[C@H](CC(C)C)N(C)C(=O)[C@@H](C)NC(=O)[C@H](C)NC(=O)[C@H](CC(C)C)N(C)C(=O)[C@H](C(C)C)NC(=O)[C@H](CC(C)C)N(C)C(=O)CN(C)C(=O)[C@H](CC)NC1=O. The minimum atomic E-state index is -1.63. The summed E-state index contributed by atoms with van der Waals surface area (Å²) in [6.45, 7) is 29.4. The molecule has 1 saturated heterocycles. The van der Waals surface area contributed by atoms with Crippen molar-refractivity contribution >= 4 is 65.0 Å². The molecule has 1 fully saturated rings. The van der Waals surface area contributed by atoms with Crippen molar-refractivity contribution in [3.8, 4) is 0 Å². The fourth-order valence-corrected chi connectivity index (χ4v) is 10.1. The second-order valence-corrected chi connectivity index (χ2v) is 25.3. The lowest BCUT2D eigenvalue weighted by atomic mass is 9.91. The first-order valence-electron chi connectivity index (χ1n) is 29.6. The van der Waals surface area contributed by atoms with Gasteiger partial charge in [0.15, 0.2) is 0 Å². The van der Waals surface area contributed by atoms with E-state index in [-0.39, 0.29) is 62.2 Å². The Bertz CT molecular complexity index is 2230. The van der Waals surface area contributed by atoms with E-state index in [2.05, 4.69) is 31.9 Å². The zero-order valence-corrected chi connectivity index (χ0v) is 53.9. The number of likely N-dealkylation sites (N-methyl/N-ethyl adjacent to an activating group) is 5. The zero-order chi connectivity index (χ0) is 63.4. The minimum absolute atomic E-state index is 0.0997. The van der Waals surface area contributed by atoms with Crippen LogP contribution in [0, 0.1) is 35.5 Å². The molecule has 0 aromatic heterocycles. The van der Waals surface area contributed by atoms with Crippen molar-refractivity contribution in [1.82, 2.24) is 56.4 Å². The predicted octanol–water partition coefficient (Wildman–Crippen LogP) is 3.76. The van der Waals surface area contributed by atoms with Gasteiger partial charge in [-0.25, -0.2) is 0 Å². The van der Waals surface area contributed by atoms with Crippen LogP contribution in [-0.2, 0) is 52.7 Å². The molecule has 82 heavy (non-hydrogen) atoms. The fourth-order valence-electron chi connectivity index (χ4n) is 10.1. The van der Waals surface area contributed by atoms with Crippen molar-refractivity contribution in [2.75, 3.05) is 41.8 Å². The summed E-state index contributed by atoms with van der Waals surface area (Å²) < 4.78 is 0. The number of nitrogens with zero attached hydrogens (tertiary/aromatic N) is 5. The summed E-state index contributed by atoms with van der Waals surface area (Å²) in [6, 6.07) is -10.4. The molecule has 1 heterocycles. The number of unbranched alkanes of at least 4 members (excludes halogenated alkanes) is 1. The van der Waals surface area contributed by atoms with Gasteiger partial charge in [-0.1, -0.05) is 102 Å². The van der Waals surface area contributed by atoms with Crippen LogP contribution in [0.1, 0.15) is 169 Å². The molecule has 6 N–H and O–H groups in total. The average molecular weight is 1160 g/mol. The predicted molar refractivity (Wildman–Crippen MR) is 318 cm³/mol. The monoisotopic (exact) mass is 1160 g/mol. The maximum Gasteiger partial charge on any atom is 0.246 e. The Labute approximate surface area is 490 Å². The van der Waals surface area contributed by atoms with Crippen molar-refractivity contribution < 1.29 is 52.7 Å². The highest BCUT2D eigenvalue weighted by Gasteiger charge is 2.44. The third-order valence-electron chi connectivity index (χ3n) is 15.1. The van der Waals surface area contributed by atoms with Gasteiger partial charge in [0.1, 0.15) is 59.9 Å². The van der Waals surface area contributed by atoms with Crippen molar-refractivity contribution in [2.45, 2.75) is 229 Å². The summed E-state index contributed by atoms with van der Waals surface area (Å²) >= 11 is 0. The van der Waals surface area contributed by atoms with Crippen molar-refractivity contribution in [2.24, 2.45) is 35.5 Å². The lowest BCUT2D eigenvalue weighted by molar-refractivity contribution is -0.147. The van der Waals surface area contributed by atoms with Gasteiger partial charge in [0.2, 0.25) is 65.0 Å². The molecule has 1 unspecified atom stereocenters. The van der Waals surface area contributed by atoms with E-state index >= 15 is 0 Å². The normalized spacial score (nSPS) is 27.3. The van der Waals surface area contributed by atoms with Crippen LogP contribution in [0.4, 0.5) is 0 Å². The van der Waals surface area contributed by atoms with E-state index in [4.69, 9.17) is 0 Å². The Balaban J connectivity index is 4.18. The molecule has 468 valence electrons. The Morgan fingerprint density at radius 3 is 1.44 bits per heavy atom. The molecule has 10 atom stereocenters. The van der Waals surface area contributed by atoms with Gasteiger partial charge in [-0.05, 0) is 115 Å². The van der Waals surface area contributed by atoms with Gasteiger partial charge in [0.25, 0.3) is 0 Å². The number of hydrogen-bond donors (Lipinski definition) is 6. The Hall–Kier alpha value is -6.09. The Morgan fingerprint density at radius 1 is 0.512 bits per heavy atom. The minimum Gasteiger partial charge on any atom is -0.343 e. The first kappa shape index (κ1) is 73.9. The lowest BCUT2D eigenvalue weighted by Crippen LogP contribution is -2.64. The third kappa shape index (κ3) is 21.9.